The molecule has 1 aromatic carbocycles. The summed E-state index contributed by atoms with van der Waals surface area (Å²) in [6.07, 6.45) is 0. The van der Waals surface area contributed by atoms with Crippen molar-refractivity contribution in [1.82, 2.24) is 0 Å². The molecule has 0 atom stereocenters. The molecule has 13 heavy (non-hydrogen) atoms. The Morgan fingerprint density at radius 3 is 1.31 bits per heavy atom. The van der Waals surface area contributed by atoms with Crippen LogP contribution in [0.3, 0.4) is 0 Å². The Bertz CT molecular complexity index is 261. The Morgan fingerprint density at radius 2 is 1.00 bits per heavy atom. The monoisotopic (exact) mass is 213 g/mol. The molecule has 1 heteroatoms. The molecule has 0 fully saturated rings. The van der Waals surface area contributed by atoms with E-state index in [1.54, 1.807) is 0 Å². The quantitative estimate of drug-likeness (QED) is 0.579. The van der Waals surface area contributed by atoms with E-state index >= 15 is 0 Å². The SMILES string of the molecule is Cc1[c-]c(C)c(C)c(C)c1C.[CH3-].[V+2]. The molecule has 71 valence electrons. The largest absolute Gasteiger partial charge is 2.00 e. The van der Waals surface area contributed by atoms with Crippen molar-refractivity contribution in [2.45, 2.75) is 34.6 Å². The third-order valence-electron chi connectivity index (χ3n) is 2.62. The fourth-order valence-corrected chi connectivity index (χ4v) is 1.31. The summed E-state index contributed by atoms with van der Waals surface area (Å²) in [5, 5.41) is 0. The van der Waals surface area contributed by atoms with Crippen LogP contribution < -0.4 is 0 Å². The predicted octanol–water partition coefficient (Wildman–Crippen LogP) is 3.48. The summed E-state index contributed by atoms with van der Waals surface area (Å²) in [6.45, 7) is 10.7. The standard InChI is InChI=1S/C11H15.CH3.V/c1-7-6-8(2)10(4)11(5)9(7)3;;/h1-5H3;1H3;/q2*-1;+2. The zero-order valence-corrected chi connectivity index (χ0v) is 10.8. The molecule has 1 radical (unpaired) electrons. The summed E-state index contributed by atoms with van der Waals surface area (Å²) in [7, 11) is 0. The average Bonchev–Trinajstić information content (AvgIpc) is 1.97. The number of aryl methyl sites for hydroxylation is 2. The van der Waals surface area contributed by atoms with Gasteiger partial charge < -0.3 is 7.43 Å². The van der Waals surface area contributed by atoms with Crippen molar-refractivity contribution in [3.05, 3.63) is 41.3 Å². The van der Waals surface area contributed by atoms with Crippen LogP contribution in [0, 0.1) is 48.1 Å². The predicted molar refractivity (Wildman–Crippen MR) is 55.4 cm³/mol. The van der Waals surface area contributed by atoms with Crippen molar-refractivity contribution >= 4 is 0 Å². The van der Waals surface area contributed by atoms with Gasteiger partial charge in [0.15, 0.2) is 0 Å². The van der Waals surface area contributed by atoms with Crippen LogP contribution >= 0.6 is 0 Å². The molecule has 0 bridgehead atoms. The first-order chi connectivity index (χ1) is 5.04. The molecule has 0 saturated heterocycles. The summed E-state index contributed by atoms with van der Waals surface area (Å²) in [5.41, 5.74) is 6.75. The van der Waals surface area contributed by atoms with Crippen molar-refractivity contribution in [2.75, 3.05) is 0 Å². The smallest absolute Gasteiger partial charge is 0.358 e. The zero-order chi connectivity index (χ0) is 8.59. The van der Waals surface area contributed by atoms with Crippen LogP contribution in [0.15, 0.2) is 0 Å². The first-order valence-corrected chi connectivity index (χ1v) is 4.00. The van der Waals surface area contributed by atoms with Crippen molar-refractivity contribution in [2.24, 2.45) is 0 Å². The van der Waals surface area contributed by atoms with E-state index in [0.29, 0.717) is 0 Å². The molecule has 1 rings (SSSR count). The summed E-state index contributed by atoms with van der Waals surface area (Å²) in [5.74, 6) is 0. The van der Waals surface area contributed by atoms with Crippen molar-refractivity contribution in [3.8, 4) is 0 Å². The second kappa shape index (κ2) is 5.52. The van der Waals surface area contributed by atoms with Crippen LogP contribution in [-0.4, -0.2) is 0 Å². The van der Waals surface area contributed by atoms with Gasteiger partial charge in [-0.1, -0.05) is 34.6 Å². The van der Waals surface area contributed by atoms with Gasteiger partial charge >= 0.3 is 18.6 Å². The molecule has 0 aliphatic carbocycles. The normalized spacial score (nSPS) is 8.69. The molecule has 0 aromatic heterocycles. The zero-order valence-electron chi connectivity index (χ0n) is 9.45. The molecule has 0 aliphatic rings. The fraction of sp³-hybridized carbons (Fsp3) is 0.417. The molecule has 0 unspecified atom stereocenters. The Morgan fingerprint density at radius 1 is 0.692 bits per heavy atom. The minimum Gasteiger partial charge on any atom is -0.358 e. The van der Waals surface area contributed by atoms with E-state index in [0.717, 1.165) is 0 Å². The molecule has 0 spiro atoms. The summed E-state index contributed by atoms with van der Waals surface area (Å²) < 4.78 is 0. The van der Waals surface area contributed by atoms with E-state index in [1.165, 1.54) is 27.8 Å². The summed E-state index contributed by atoms with van der Waals surface area (Å²) in [6, 6.07) is 3.35. The van der Waals surface area contributed by atoms with Gasteiger partial charge in [-0.15, -0.1) is 0 Å². The minimum atomic E-state index is 0. The maximum absolute atomic E-state index is 3.35. The van der Waals surface area contributed by atoms with E-state index in [9.17, 15) is 0 Å². The maximum Gasteiger partial charge on any atom is 2.00 e. The van der Waals surface area contributed by atoms with Gasteiger partial charge in [0, 0.05) is 0 Å². The Balaban J connectivity index is 0. The number of hydrogen-bond acceptors (Lipinski definition) is 0. The van der Waals surface area contributed by atoms with Crippen LogP contribution in [0.25, 0.3) is 0 Å². The summed E-state index contributed by atoms with van der Waals surface area (Å²) >= 11 is 0. The molecule has 0 N–H and O–H groups in total. The number of hydrogen-bond donors (Lipinski definition) is 0. The van der Waals surface area contributed by atoms with Crippen LogP contribution in [-0.2, 0) is 18.6 Å². The van der Waals surface area contributed by atoms with Gasteiger partial charge in [-0.3, -0.25) is 0 Å². The van der Waals surface area contributed by atoms with E-state index in [1.807, 2.05) is 0 Å². The van der Waals surface area contributed by atoms with Crippen LogP contribution in [0.2, 0.25) is 0 Å². The van der Waals surface area contributed by atoms with Gasteiger partial charge in [0.25, 0.3) is 0 Å². The van der Waals surface area contributed by atoms with E-state index in [4.69, 9.17) is 0 Å². The summed E-state index contributed by atoms with van der Waals surface area (Å²) in [4.78, 5) is 0. The Kier molecular flexibility index (Phi) is 6.49. The molecular weight excluding hydrogens is 195 g/mol. The topological polar surface area (TPSA) is 0 Å². The van der Waals surface area contributed by atoms with Gasteiger partial charge in [-0.25, -0.2) is 0 Å². The third kappa shape index (κ3) is 2.89. The van der Waals surface area contributed by atoms with E-state index < -0.39 is 0 Å². The van der Waals surface area contributed by atoms with Crippen LogP contribution in [0.5, 0.6) is 0 Å². The first-order valence-electron chi connectivity index (χ1n) is 4.00. The second-order valence-corrected chi connectivity index (χ2v) is 3.25. The van der Waals surface area contributed by atoms with Crippen LogP contribution in [0.1, 0.15) is 27.8 Å². The van der Waals surface area contributed by atoms with Crippen molar-refractivity contribution in [1.29, 1.82) is 0 Å². The number of benzene rings is 1. The van der Waals surface area contributed by atoms with Crippen molar-refractivity contribution < 1.29 is 18.6 Å². The Hall–Kier alpha value is -0.196. The first kappa shape index (κ1) is 15.3. The molecule has 0 amide bonds. The minimum absolute atomic E-state index is 0. The number of rotatable bonds is 0. The van der Waals surface area contributed by atoms with E-state index in [2.05, 4.69) is 40.7 Å². The Labute approximate surface area is 94.6 Å². The van der Waals surface area contributed by atoms with Gasteiger partial charge in [0.1, 0.15) is 0 Å². The maximum atomic E-state index is 3.35. The molecule has 0 saturated carbocycles. The van der Waals surface area contributed by atoms with Gasteiger partial charge in [-0.2, -0.15) is 33.9 Å². The third-order valence-corrected chi connectivity index (χ3v) is 2.62. The molecular formula is C12H18V. The van der Waals surface area contributed by atoms with E-state index in [-0.39, 0.29) is 26.0 Å². The average molecular weight is 213 g/mol. The molecule has 0 aliphatic heterocycles. The van der Waals surface area contributed by atoms with Crippen LogP contribution in [0.4, 0.5) is 0 Å². The molecule has 0 nitrogen and oxygen atoms in total. The van der Waals surface area contributed by atoms with Gasteiger partial charge in [-0.05, 0) is 0 Å². The fourth-order valence-electron chi connectivity index (χ4n) is 1.31. The molecule has 0 heterocycles. The second-order valence-electron chi connectivity index (χ2n) is 3.25. The van der Waals surface area contributed by atoms with Gasteiger partial charge in [0.2, 0.25) is 0 Å². The van der Waals surface area contributed by atoms with Crippen molar-refractivity contribution in [3.63, 3.8) is 0 Å². The van der Waals surface area contributed by atoms with Gasteiger partial charge in [0.05, 0.1) is 0 Å². The molecule has 1 aromatic rings.